The largest absolute Gasteiger partial charge is 0.377 e. The molecule has 0 amide bonds. The van der Waals surface area contributed by atoms with Gasteiger partial charge in [-0.3, -0.25) is 0 Å². The van der Waals surface area contributed by atoms with Gasteiger partial charge in [0.1, 0.15) is 0 Å². The van der Waals surface area contributed by atoms with E-state index in [1.165, 1.54) is 0 Å². The Bertz CT molecular complexity index is 34.8. The fourth-order valence-electron chi connectivity index (χ4n) is 0.440. The smallest absolute Gasteiger partial charge is 0.0701 e. The molecule has 1 fully saturated rings. The molecule has 1 saturated heterocycles. The van der Waals surface area contributed by atoms with Gasteiger partial charge in [-0.25, -0.2) is 0 Å². The van der Waals surface area contributed by atoms with E-state index in [1.807, 2.05) is 14.1 Å². The van der Waals surface area contributed by atoms with Crippen LogP contribution in [-0.2, 0) is 9.47 Å². The summed E-state index contributed by atoms with van der Waals surface area (Å²) in [6.07, 6.45) is 0. The predicted octanol–water partition coefficient (Wildman–Crippen LogP) is -0.131. The molecular weight excluding hydrogens is 118 g/mol. The van der Waals surface area contributed by atoms with E-state index in [9.17, 15) is 0 Å². The van der Waals surface area contributed by atoms with E-state index in [0.717, 1.165) is 26.4 Å². The Kier molecular flexibility index (Phi) is 7.77. The molecule has 0 aromatic carbocycles. The van der Waals surface area contributed by atoms with Crippen molar-refractivity contribution in [3.63, 3.8) is 0 Å². The highest BCUT2D eigenvalue weighted by Gasteiger charge is 1.94. The molecule has 1 aliphatic heterocycles. The number of nitrogens with one attached hydrogen (secondary N) is 1. The quantitative estimate of drug-likeness (QED) is 0.499. The Labute approximate surface area is 56.3 Å². The topological polar surface area (TPSA) is 30.5 Å². The number of ether oxygens (including phenoxy) is 2. The highest BCUT2D eigenvalue weighted by atomic mass is 16.6. The average Bonchev–Trinajstić information content (AvgIpc) is 1.93. The first-order valence-corrected chi connectivity index (χ1v) is 3.15. The third kappa shape index (κ3) is 7.88. The fourth-order valence-corrected chi connectivity index (χ4v) is 0.440. The minimum absolute atomic E-state index is 0.778. The third-order valence-corrected chi connectivity index (χ3v) is 0.744. The van der Waals surface area contributed by atoms with Gasteiger partial charge >= 0.3 is 0 Å². The van der Waals surface area contributed by atoms with Crippen LogP contribution in [0.15, 0.2) is 0 Å². The molecule has 3 nitrogen and oxygen atoms in total. The Hall–Kier alpha value is -0.120. The summed E-state index contributed by atoms with van der Waals surface area (Å²) in [5.74, 6) is 0. The molecule has 1 aliphatic rings. The molecule has 0 spiro atoms. The SMILES string of the molecule is C1COCCO1.CNC. The van der Waals surface area contributed by atoms with Gasteiger partial charge in [0.2, 0.25) is 0 Å². The van der Waals surface area contributed by atoms with Crippen molar-refractivity contribution in [2.45, 2.75) is 0 Å². The minimum Gasteiger partial charge on any atom is -0.377 e. The molecule has 0 radical (unpaired) electrons. The highest BCUT2D eigenvalue weighted by molar-refractivity contribution is 4.37. The van der Waals surface area contributed by atoms with Crippen molar-refractivity contribution in [1.29, 1.82) is 0 Å². The van der Waals surface area contributed by atoms with Crippen LogP contribution in [0.4, 0.5) is 0 Å². The number of rotatable bonds is 0. The van der Waals surface area contributed by atoms with Crippen LogP contribution in [0.1, 0.15) is 0 Å². The first-order chi connectivity index (χ1) is 4.41. The highest BCUT2D eigenvalue weighted by Crippen LogP contribution is 1.85. The van der Waals surface area contributed by atoms with Gasteiger partial charge in [-0.1, -0.05) is 0 Å². The molecule has 0 aromatic rings. The zero-order valence-electron chi connectivity index (χ0n) is 6.14. The Morgan fingerprint density at radius 2 is 1.11 bits per heavy atom. The van der Waals surface area contributed by atoms with E-state index < -0.39 is 0 Å². The minimum atomic E-state index is 0.778. The maximum absolute atomic E-state index is 4.94. The Morgan fingerprint density at radius 1 is 0.889 bits per heavy atom. The zero-order chi connectivity index (χ0) is 6.95. The summed E-state index contributed by atoms with van der Waals surface area (Å²) < 4.78 is 9.89. The van der Waals surface area contributed by atoms with E-state index in [-0.39, 0.29) is 0 Å². The predicted molar refractivity (Wildman–Crippen MR) is 36.6 cm³/mol. The molecular formula is C6H15NO2. The second-order valence-electron chi connectivity index (χ2n) is 1.72. The average molecular weight is 133 g/mol. The molecule has 1 N–H and O–H groups in total. The molecule has 0 bridgehead atoms. The van der Waals surface area contributed by atoms with Crippen LogP contribution in [0.2, 0.25) is 0 Å². The van der Waals surface area contributed by atoms with Crippen molar-refractivity contribution in [3.8, 4) is 0 Å². The molecule has 1 heterocycles. The summed E-state index contributed by atoms with van der Waals surface area (Å²) in [5, 5.41) is 2.75. The van der Waals surface area contributed by atoms with Crippen LogP contribution < -0.4 is 5.32 Å². The molecule has 0 unspecified atom stereocenters. The summed E-state index contributed by atoms with van der Waals surface area (Å²) in [6.45, 7) is 3.11. The van der Waals surface area contributed by atoms with Crippen molar-refractivity contribution in [3.05, 3.63) is 0 Å². The second-order valence-corrected chi connectivity index (χ2v) is 1.72. The maximum atomic E-state index is 4.94. The number of hydrogen-bond donors (Lipinski definition) is 1. The summed E-state index contributed by atoms with van der Waals surface area (Å²) in [7, 11) is 3.75. The van der Waals surface area contributed by atoms with Crippen LogP contribution in [0.3, 0.4) is 0 Å². The van der Waals surface area contributed by atoms with Gasteiger partial charge < -0.3 is 14.8 Å². The van der Waals surface area contributed by atoms with Crippen LogP contribution in [-0.4, -0.2) is 40.5 Å². The Balaban J connectivity index is 0.000000187. The summed E-state index contributed by atoms with van der Waals surface area (Å²) in [4.78, 5) is 0. The van der Waals surface area contributed by atoms with Crippen molar-refractivity contribution in [1.82, 2.24) is 5.32 Å². The standard InChI is InChI=1S/C4H8O2.C2H7N/c1-2-6-4-3-5-1;1-3-2/h1-4H2;3H,1-2H3. The van der Waals surface area contributed by atoms with Gasteiger partial charge in [0.25, 0.3) is 0 Å². The van der Waals surface area contributed by atoms with Gasteiger partial charge in [-0.2, -0.15) is 0 Å². The van der Waals surface area contributed by atoms with E-state index in [4.69, 9.17) is 9.47 Å². The normalized spacial score (nSPS) is 18.0. The van der Waals surface area contributed by atoms with Crippen LogP contribution in [0.25, 0.3) is 0 Å². The fraction of sp³-hybridized carbons (Fsp3) is 1.00. The van der Waals surface area contributed by atoms with E-state index in [2.05, 4.69) is 5.32 Å². The van der Waals surface area contributed by atoms with Crippen molar-refractivity contribution in [2.75, 3.05) is 40.5 Å². The van der Waals surface area contributed by atoms with Gasteiger partial charge in [-0.15, -0.1) is 0 Å². The molecule has 0 aromatic heterocycles. The van der Waals surface area contributed by atoms with Gasteiger partial charge in [-0.05, 0) is 14.1 Å². The first kappa shape index (κ1) is 8.88. The Morgan fingerprint density at radius 3 is 1.22 bits per heavy atom. The molecule has 0 aliphatic carbocycles. The summed E-state index contributed by atoms with van der Waals surface area (Å²) >= 11 is 0. The van der Waals surface area contributed by atoms with E-state index in [0.29, 0.717) is 0 Å². The van der Waals surface area contributed by atoms with E-state index >= 15 is 0 Å². The van der Waals surface area contributed by atoms with Crippen molar-refractivity contribution in [2.24, 2.45) is 0 Å². The number of hydrogen-bond acceptors (Lipinski definition) is 3. The van der Waals surface area contributed by atoms with Gasteiger partial charge in [0, 0.05) is 0 Å². The van der Waals surface area contributed by atoms with Crippen molar-refractivity contribution >= 4 is 0 Å². The first-order valence-electron chi connectivity index (χ1n) is 3.15. The maximum Gasteiger partial charge on any atom is 0.0701 e. The molecule has 0 saturated carbocycles. The van der Waals surface area contributed by atoms with Crippen LogP contribution >= 0.6 is 0 Å². The lowest BCUT2D eigenvalue weighted by Crippen LogP contribution is -2.16. The lowest BCUT2D eigenvalue weighted by Gasteiger charge is -2.09. The van der Waals surface area contributed by atoms with Crippen LogP contribution in [0.5, 0.6) is 0 Å². The molecule has 0 atom stereocenters. The second kappa shape index (κ2) is 7.88. The summed E-state index contributed by atoms with van der Waals surface area (Å²) in [5.41, 5.74) is 0. The lowest BCUT2D eigenvalue weighted by atomic mass is 10.6. The molecule has 56 valence electrons. The van der Waals surface area contributed by atoms with Crippen LogP contribution in [0, 0.1) is 0 Å². The van der Waals surface area contributed by atoms with Crippen molar-refractivity contribution < 1.29 is 9.47 Å². The molecule has 3 heteroatoms. The zero-order valence-corrected chi connectivity index (χ0v) is 6.14. The molecule has 1 rings (SSSR count). The lowest BCUT2D eigenvalue weighted by molar-refractivity contribution is -0.0334. The monoisotopic (exact) mass is 133 g/mol. The third-order valence-electron chi connectivity index (χ3n) is 0.744. The van der Waals surface area contributed by atoms with Gasteiger partial charge in [0.05, 0.1) is 26.4 Å². The molecule has 9 heavy (non-hydrogen) atoms. The van der Waals surface area contributed by atoms with Gasteiger partial charge in [0.15, 0.2) is 0 Å². The summed E-state index contributed by atoms with van der Waals surface area (Å²) in [6, 6.07) is 0. The van der Waals surface area contributed by atoms with E-state index in [1.54, 1.807) is 0 Å².